The third-order valence-corrected chi connectivity index (χ3v) is 5.53. The first-order valence-corrected chi connectivity index (χ1v) is 10.4. The van der Waals surface area contributed by atoms with Gasteiger partial charge in [0.2, 0.25) is 5.89 Å². The minimum Gasteiger partial charge on any atom is -0.444 e. The molecule has 0 saturated carbocycles. The first-order valence-electron chi connectivity index (χ1n) is 10.4. The average molecular weight is 407 g/mol. The van der Waals surface area contributed by atoms with E-state index in [2.05, 4.69) is 33.8 Å². The van der Waals surface area contributed by atoms with Crippen molar-refractivity contribution in [3.63, 3.8) is 0 Å². The number of fused-ring (bicyclic) bond motifs is 1. The summed E-state index contributed by atoms with van der Waals surface area (Å²) in [6.07, 6.45) is 6.89. The Morgan fingerprint density at radius 2 is 1.90 bits per heavy atom. The zero-order valence-corrected chi connectivity index (χ0v) is 17.1. The van der Waals surface area contributed by atoms with E-state index >= 15 is 0 Å². The fraction of sp³-hybridized carbons (Fsp3) is 0.333. The third kappa shape index (κ3) is 4.87. The largest absolute Gasteiger partial charge is 0.444 e. The lowest BCUT2D eigenvalue weighted by atomic mass is 9.89. The monoisotopic (exact) mass is 407 g/mol. The van der Waals surface area contributed by atoms with Crippen molar-refractivity contribution in [2.45, 2.75) is 45.1 Å². The zero-order chi connectivity index (χ0) is 20.9. The van der Waals surface area contributed by atoms with Crippen LogP contribution in [0.15, 0.2) is 53.1 Å². The molecule has 3 aromatic rings. The summed E-state index contributed by atoms with van der Waals surface area (Å²) in [5, 5.41) is 5.87. The maximum absolute atomic E-state index is 13.0. The molecule has 5 nitrogen and oxygen atoms in total. The highest BCUT2D eigenvalue weighted by Gasteiger charge is 2.14. The maximum atomic E-state index is 13.0. The fourth-order valence-corrected chi connectivity index (χ4v) is 3.80. The van der Waals surface area contributed by atoms with E-state index in [0.29, 0.717) is 24.4 Å². The summed E-state index contributed by atoms with van der Waals surface area (Å²) in [5.41, 5.74) is 5.43. The SMILES string of the molecule is CC(NC(=O)NCCc1coc(-c2ccc(F)cc2)n1)c1ccc2c(c1)CCCC2. The summed E-state index contributed by atoms with van der Waals surface area (Å²) in [6.45, 7) is 2.44. The molecule has 0 saturated heterocycles. The van der Waals surface area contributed by atoms with Gasteiger partial charge in [-0.25, -0.2) is 14.2 Å². The van der Waals surface area contributed by atoms with Crippen LogP contribution in [0.5, 0.6) is 0 Å². The Balaban J connectivity index is 1.25. The topological polar surface area (TPSA) is 67.2 Å². The lowest BCUT2D eigenvalue weighted by Gasteiger charge is -2.20. The average Bonchev–Trinajstić information content (AvgIpc) is 3.22. The van der Waals surface area contributed by atoms with Gasteiger partial charge in [0, 0.05) is 18.5 Å². The number of aryl methyl sites for hydroxylation is 2. The Hall–Kier alpha value is -3.15. The highest BCUT2D eigenvalue weighted by Crippen LogP contribution is 2.24. The maximum Gasteiger partial charge on any atom is 0.315 e. The standard InChI is InChI=1S/C24H26FN3O2/c1-16(19-7-6-17-4-2-3-5-20(17)14-19)27-24(29)26-13-12-22-15-30-23(28-22)18-8-10-21(25)11-9-18/h6-11,14-16H,2-5,12-13H2,1H3,(H2,26,27,29). The van der Waals surface area contributed by atoms with E-state index in [4.69, 9.17) is 4.42 Å². The highest BCUT2D eigenvalue weighted by atomic mass is 19.1. The van der Waals surface area contributed by atoms with Crippen LogP contribution in [-0.4, -0.2) is 17.6 Å². The van der Waals surface area contributed by atoms with Crippen LogP contribution in [0.3, 0.4) is 0 Å². The molecule has 1 atom stereocenters. The number of hydrogen-bond donors (Lipinski definition) is 2. The van der Waals surface area contributed by atoms with Crippen molar-refractivity contribution in [2.24, 2.45) is 0 Å². The molecule has 6 heteroatoms. The molecular formula is C24H26FN3O2. The molecule has 1 aromatic heterocycles. The molecule has 0 fully saturated rings. The number of carbonyl (C=O) groups is 1. The van der Waals surface area contributed by atoms with E-state index in [1.807, 2.05) is 6.92 Å². The molecule has 156 valence electrons. The van der Waals surface area contributed by atoms with E-state index in [0.717, 1.165) is 24.1 Å². The Bertz CT molecular complexity index is 1010. The quantitative estimate of drug-likeness (QED) is 0.607. The Kier molecular flexibility index (Phi) is 6.12. The molecule has 0 aliphatic heterocycles. The molecule has 4 rings (SSSR count). The van der Waals surface area contributed by atoms with Gasteiger partial charge in [-0.15, -0.1) is 0 Å². The van der Waals surface area contributed by atoms with Crippen LogP contribution < -0.4 is 10.6 Å². The van der Waals surface area contributed by atoms with Gasteiger partial charge in [-0.3, -0.25) is 0 Å². The number of hydrogen-bond acceptors (Lipinski definition) is 3. The van der Waals surface area contributed by atoms with E-state index in [1.165, 1.54) is 36.1 Å². The molecular weight excluding hydrogens is 381 g/mol. The Labute approximate surface area is 175 Å². The molecule has 2 aromatic carbocycles. The number of aromatic nitrogens is 1. The van der Waals surface area contributed by atoms with Gasteiger partial charge in [-0.05, 0) is 73.6 Å². The van der Waals surface area contributed by atoms with Crippen molar-refractivity contribution in [1.29, 1.82) is 0 Å². The molecule has 1 aliphatic rings. The van der Waals surface area contributed by atoms with Crippen molar-refractivity contribution in [3.8, 4) is 11.5 Å². The molecule has 0 spiro atoms. The van der Waals surface area contributed by atoms with Crippen molar-refractivity contribution >= 4 is 6.03 Å². The Morgan fingerprint density at radius 3 is 2.70 bits per heavy atom. The summed E-state index contributed by atoms with van der Waals surface area (Å²) in [4.78, 5) is 16.7. The fourth-order valence-electron chi connectivity index (χ4n) is 3.80. The van der Waals surface area contributed by atoms with Crippen LogP contribution in [0.2, 0.25) is 0 Å². The second-order valence-electron chi connectivity index (χ2n) is 7.76. The smallest absolute Gasteiger partial charge is 0.315 e. The summed E-state index contributed by atoms with van der Waals surface area (Å²) < 4.78 is 18.5. The number of amides is 2. The number of benzene rings is 2. The number of nitrogens with zero attached hydrogens (tertiary/aromatic N) is 1. The van der Waals surface area contributed by atoms with E-state index in [1.54, 1.807) is 18.4 Å². The molecule has 0 radical (unpaired) electrons. The molecule has 2 amide bonds. The first-order chi connectivity index (χ1) is 14.6. The van der Waals surface area contributed by atoms with E-state index < -0.39 is 0 Å². The van der Waals surface area contributed by atoms with Crippen LogP contribution in [0, 0.1) is 5.82 Å². The van der Waals surface area contributed by atoms with Crippen LogP contribution >= 0.6 is 0 Å². The lowest BCUT2D eigenvalue weighted by molar-refractivity contribution is 0.238. The van der Waals surface area contributed by atoms with Gasteiger partial charge in [-0.1, -0.05) is 18.2 Å². The van der Waals surface area contributed by atoms with Crippen molar-refractivity contribution in [2.75, 3.05) is 6.54 Å². The lowest BCUT2D eigenvalue weighted by Crippen LogP contribution is -2.38. The van der Waals surface area contributed by atoms with Gasteiger partial charge < -0.3 is 15.1 Å². The van der Waals surface area contributed by atoms with Gasteiger partial charge >= 0.3 is 6.03 Å². The summed E-state index contributed by atoms with van der Waals surface area (Å²) in [7, 11) is 0. The molecule has 1 heterocycles. The van der Waals surface area contributed by atoms with Gasteiger partial charge in [0.15, 0.2) is 0 Å². The number of oxazole rings is 1. The van der Waals surface area contributed by atoms with Crippen LogP contribution in [0.4, 0.5) is 9.18 Å². The van der Waals surface area contributed by atoms with Gasteiger partial charge in [0.1, 0.15) is 12.1 Å². The van der Waals surface area contributed by atoms with Gasteiger partial charge in [-0.2, -0.15) is 0 Å². The predicted molar refractivity (Wildman–Crippen MR) is 114 cm³/mol. The van der Waals surface area contributed by atoms with Crippen molar-refractivity contribution in [3.05, 3.63) is 76.9 Å². The van der Waals surface area contributed by atoms with Crippen LogP contribution in [-0.2, 0) is 19.3 Å². The third-order valence-electron chi connectivity index (χ3n) is 5.53. The second kappa shape index (κ2) is 9.11. The van der Waals surface area contributed by atoms with Crippen molar-refractivity contribution < 1.29 is 13.6 Å². The van der Waals surface area contributed by atoms with Gasteiger partial charge in [0.25, 0.3) is 0 Å². The minimum atomic E-state index is -0.301. The van der Waals surface area contributed by atoms with Crippen molar-refractivity contribution in [1.82, 2.24) is 15.6 Å². The predicted octanol–water partition coefficient (Wildman–Crippen LogP) is 4.96. The number of rotatable bonds is 6. The second-order valence-corrected chi connectivity index (χ2v) is 7.76. The molecule has 0 bridgehead atoms. The van der Waals surface area contributed by atoms with E-state index in [9.17, 15) is 9.18 Å². The summed E-state index contributed by atoms with van der Waals surface area (Å²) in [5.74, 6) is 0.140. The number of nitrogens with one attached hydrogen (secondary N) is 2. The van der Waals surface area contributed by atoms with E-state index in [-0.39, 0.29) is 17.9 Å². The number of carbonyl (C=O) groups excluding carboxylic acids is 1. The summed E-state index contributed by atoms with van der Waals surface area (Å²) in [6, 6.07) is 12.3. The normalized spacial score (nSPS) is 14.1. The molecule has 1 unspecified atom stereocenters. The van der Waals surface area contributed by atoms with Crippen LogP contribution in [0.25, 0.3) is 11.5 Å². The molecule has 1 aliphatic carbocycles. The zero-order valence-electron chi connectivity index (χ0n) is 17.1. The molecule has 2 N–H and O–H groups in total. The van der Waals surface area contributed by atoms with Gasteiger partial charge in [0.05, 0.1) is 11.7 Å². The molecule has 30 heavy (non-hydrogen) atoms. The van der Waals surface area contributed by atoms with Crippen LogP contribution in [0.1, 0.15) is 48.2 Å². The first kappa shape index (κ1) is 20.1. The summed E-state index contributed by atoms with van der Waals surface area (Å²) >= 11 is 0. The highest BCUT2D eigenvalue weighted by molar-refractivity contribution is 5.74. The minimum absolute atomic E-state index is 0.0608. The number of urea groups is 1. The Morgan fingerprint density at radius 1 is 1.13 bits per heavy atom. The number of halogens is 1.